The molecule has 0 radical (unpaired) electrons. The molecule has 1 aliphatic heterocycles. The van der Waals surface area contributed by atoms with Crippen LogP contribution in [-0.2, 0) is 9.53 Å². The molecule has 130 valence electrons. The van der Waals surface area contributed by atoms with Gasteiger partial charge in [-0.2, -0.15) is 0 Å². The maximum atomic E-state index is 12.2. The number of hydrogen-bond acceptors (Lipinski definition) is 5. The average Bonchev–Trinajstić information content (AvgIpc) is 2.36. The van der Waals surface area contributed by atoms with Crippen LogP contribution in [0.1, 0.15) is 33.6 Å². The van der Waals surface area contributed by atoms with E-state index in [-0.39, 0.29) is 28.5 Å². The molecule has 2 aliphatic rings. The van der Waals surface area contributed by atoms with E-state index in [9.17, 15) is 9.59 Å². The van der Waals surface area contributed by atoms with Crippen LogP contribution in [0.15, 0.2) is 12.1 Å². The van der Waals surface area contributed by atoms with E-state index in [1.807, 2.05) is 20.8 Å². The maximum absolute atomic E-state index is 12.2. The molecule has 24 heavy (non-hydrogen) atoms. The van der Waals surface area contributed by atoms with Crippen molar-refractivity contribution < 1.29 is 14.3 Å². The van der Waals surface area contributed by atoms with E-state index in [1.54, 1.807) is 17.0 Å². The molecule has 0 aromatic carbocycles. The average molecular weight is 353 g/mol. The fraction of sp³-hybridized carbons (Fsp3) is 0.625. The van der Waals surface area contributed by atoms with Gasteiger partial charge < -0.3 is 15.0 Å². The lowest BCUT2D eigenvalue weighted by Gasteiger charge is -2.58. The second-order valence-electron chi connectivity index (χ2n) is 7.67. The second-order valence-corrected chi connectivity index (χ2v) is 8.06. The standard InChI is InChI=1S/C16H21ClN4O3/c1-15(2,3)24-14(23)21-8-16(9-21)6-10(7-16)13(22)18-12-5-4-11(17)19-20-12/h4-5,10H,6-9H2,1-3H3,(H,18,20,22). The number of halogens is 1. The van der Waals surface area contributed by atoms with Crippen LogP contribution in [-0.4, -0.2) is 45.8 Å². The van der Waals surface area contributed by atoms with Crippen LogP contribution in [0.2, 0.25) is 5.15 Å². The van der Waals surface area contributed by atoms with Gasteiger partial charge in [0.25, 0.3) is 0 Å². The third-order valence-electron chi connectivity index (χ3n) is 4.32. The highest BCUT2D eigenvalue weighted by molar-refractivity contribution is 6.29. The van der Waals surface area contributed by atoms with Gasteiger partial charge >= 0.3 is 6.09 Å². The highest BCUT2D eigenvalue weighted by Crippen LogP contribution is 2.52. The Labute approximate surface area is 145 Å². The van der Waals surface area contributed by atoms with E-state index < -0.39 is 5.60 Å². The van der Waals surface area contributed by atoms with Crippen molar-refractivity contribution in [1.82, 2.24) is 15.1 Å². The van der Waals surface area contributed by atoms with Crippen molar-refractivity contribution in [3.05, 3.63) is 17.3 Å². The van der Waals surface area contributed by atoms with Crippen molar-refractivity contribution in [2.45, 2.75) is 39.2 Å². The molecule has 2 heterocycles. The van der Waals surface area contributed by atoms with E-state index in [1.165, 1.54) is 0 Å². The minimum Gasteiger partial charge on any atom is -0.444 e. The Morgan fingerprint density at radius 1 is 1.29 bits per heavy atom. The summed E-state index contributed by atoms with van der Waals surface area (Å²) in [6.07, 6.45) is 1.27. The second kappa shape index (κ2) is 5.88. The smallest absolute Gasteiger partial charge is 0.410 e. The van der Waals surface area contributed by atoms with Gasteiger partial charge in [0.05, 0.1) is 0 Å². The fourth-order valence-electron chi connectivity index (χ4n) is 3.26. The van der Waals surface area contributed by atoms with E-state index in [2.05, 4.69) is 15.5 Å². The van der Waals surface area contributed by atoms with E-state index in [0.717, 1.165) is 12.8 Å². The van der Waals surface area contributed by atoms with E-state index in [4.69, 9.17) is 16.3 Å². The van der Waals surface area contributed by atoms with Crippen molar-refractivity contribution in [1.29, 1.82) is 0 Å². The van der Waals surface area contributed by atoms with Gasteiger partial charge in [0.1, 0.15) is 5.60 Å². The summed E-state index contributed by atoms with van der Waals surface area (Å²) >= 11 is 5.66. The van der Waals surface area contributed by atoms with Gasteiger partial charge in [-0.3, -0.25) is 4.79 Å². The largest absolute Gasteiger partial charge is 0.444 e. The molecule has 1 saturated carbocycles. The summed E-state index contributed by atoms with van der Waals surface area (Å²) < 4.78 is 5.35. The van der Waals surface area contributed by atoms with Gasteiger partial charge in [0, 0.05) is 24.4 Å². The van der Waals surface area contributed by atoms with Crippen molar-refractivity contribution in [2.24, 2.45) is 11.3 Å². The van der Waals surface area contributed by atoms with Gasteiger partial charge in [-0.15, -0.1) is 10.2 Å². The van der Waals surface area contributed by atoms with Gasteiger partial charge in [-0.1, -0.05) is 11.6 Å². The monoisotopic (exact) mass is 352 g/mol. The number of ether oxygens (including phenoxy) is 1. The molecule has 1 saturated heterocycles. The molecular weight excluding hydrogens is 332 g/mol. The summed E-state index contributed by atoms with van der Waals surface area (Å²) in [5, 5.41) is 10.5. The first-order valence-electron chi connectivity index (χ1n) is 7.94. The molecule has 2 fully saturated rings. The number of carbonyl (C=O) groups is 2. The van der Waals surface area contributed by atoms with Gasteiger partial charge in [0.15, 0.2) is 11.0 Å². The Hall–Kier alpha value is -1.89. The first kappa shape index (κ1) is 17.0. The summed E-state index contributed by atoms with van der Waals surface area (Å²) in [4.78, 5) is 25.8. The first-order chi connectivity index (χ1) is 11.2. The Balaban J connectivity index is 1.44. The molecule has 0 bridgehead atoms. The zero-order valence-corrected chi connectivity index (χ0v) is 14.8. The number of aromatic nitrogens is 2. The van der Waals surface area contributed by atoms with Gasteiger partial charge in [-0.05, 0) is 45.7 Å². The minimum atomic E-state index is -0.485. The number of nitrogens with zero attached hydrogens (tertiary/aromatic N) is 3. The quantitative estimate of drug-likeness (QED) is 0.884. The number of carbonyl (C=O) groups excluding carboxylic acids is 2. The number of rotatable bonds is 2. The third kappa shape index (κ3) is 3.61. The molecule has 1 aromatic rings. The molecule has 2 amide bonds. The summed E-state index contributed by atoms with van der Waals surface area (Å²) in [6, 6.07) is 3.20. The number of amides is 2. The first-order valence-corrected chi connectivity index (χ1v) is 8.32. The summed E-state index contributed by atoms with van der Waals surface area (Å²) in [5.74, 6) is 0.283. The molecule has 8 heteroatoms. The van der Waals surface area contributed by atoms with Gasteiger partial charge in [0.2, 0.25) is 5.91 Å². The van der Waals surface area contributed by atoms with Crippen molar-refractivity contribution >= 4 is 29.4 Å². The lowest BCUT2D eigenvalue weighted by Crippen LogP contribution is -2.65. The molecule has 0 unspecified atom stereocenters. The highest BCUT2D eigenvalue weighted by Gasteiger charge is 2.56. The zero-order valence-electron chi connectivity index (χ0n) is 14.0. The van der Waals surface area contributed by atoms with Crippen molar-refractivity contribution in [2.75, 3.05) is 18.4 Å². The molecule has 7 nitrogen and oxygen atoms in total. The molecule has 1 aromatic heterocycles. The van der Waals surface area contributed by atoms with Crippen LogP contribution in [0.5, 0.6) is 0 Å². The summed E-state index contributed by atoms with van der Waals surface area (Å²) in [6.45, 7) is 6.87. The number of hydrogen-bond donors (Lipinski definition) is 1. The van der Waals surface area contributed by atoms with Crippen LogP contribution in [0, 0.1) is 11.3 Å². The van der Waals surface area contributed by atoms with Crippen LogP contribution in [0.4, 0.5) is 10.6 Å². The van der Waals surface area contributed by atoms with E-state index in [0.29, 0.717) is 18.9 Å². The maximum Gasteiger partial charge on any atom is 0.410 e. The van der Waals surface area contributed by atoms with Gasteiger partial charge in [-0.25, -0.2) is 4.79 Å². The zero-order chi connectivity index (χ0) is 17.5. The highest BCUT2D eigenvalue weighted by atomic mass is 35.5. The van der Waals surface area contributed by atoms with E-state index >= 15 is 0 Å². The third-order valence-corrected chi connectivity index (χ3v) is 4.52. The molecule has 0 atom stereocenters. The molecule has 1 aliphatic carbocycles. The number of anilines is 1. The molecular formula is C16H21ClN4O3. The predicted molar refractivity (Wildman–Crippen MR) is 88.6 cm³/mol. The minimum absolute atomic E-state index is 0.0525. The van der Waals surface area contributed by atoms with Crippen LogP contribution in [0.25, 0.3) is 0 Å². The summed E-state index contributed by atoms with van der Waals surface area (Å²) in [5.41, 5.74) is -0.411. The fourth-order valence-corrected chi connectivity index (χ4v) is 3.36. The van der Waals surface area contributed by atoms with Crippen LogP contribution in [0.3, 0.4) is 0 Å². The Bertz CT molecular complexity index is 642. The lowest BCUT2D eigenvalue weighted by atomic mass is 9.57. The lowest BCUT2D eigenvalue weighted by molar-refractivity contribution is -0.137. The SMILES string of the molecule is CC(C)(C)OC(=O)N1CC2(CC(C(=O)Nc3ccc(Cl)nn3)C2)C1. The Morgan fingerprint density at radius 2 is 1.96 bits per heavy atom. The summed E-state index contributed by atoms with van der Waals surface area (Å²) in [7, 11) is 0. The topological polar surface area (TPSA) is 84.4 Å². The number of likely N-dealkylation sites (tertiary alicyclic amines) is 1. The van der Waals surface area contributed by atoms with Crippen LogP contribution >= 0.6 is 11.6 Å². The number of nitrogens with one attached hydrogen (secondary N) is 1. The van der Waals surface area contributed by atoms with Crippen molar-refractivity contribution in [3.63, 3.8) is 0 Å². The Kier molecular flexibility index (Phi) is 4.15. The van der Waals surface area contributed by atoms with Crippen LogP contribution < -0.4 is 5.32 Å². The van der Waals surface area contributed by atoms with Crippen molar-refractivity contribution in [3.8, 4) is 0 Å². The molecule has 3 rings (SSSR count). The molecule has 1 spiro atoms. The normalized spacial score (nSPS) is 19.4. The Morgan fingerprint density at radius 3 is 2.50 bits per heavy atom. The predicted octanol–water partition coefficient (Wildman–Crippen LogP) is 2.72. The molecule has 1 N–H and O–H groups in total.